The Morgan fingerprint density at radius 2 is 1.24 bits per heavy atom. The van der Waals surface area contributed by atoms with Gasteiger partial charge in [-0.15, -0.1) is 11.8 Å². The minimum atomic E-state index is -1.44. The van der Waals surface area contributed by atoms with Crippen LogP contribution < -0.4 is 16.2 Å². The number of hydrogen-bond donors (Lipinski definition) is 4. The molecule has 9 heteroatoms. The van der Waals surface area contributed by atoms with Gasteiger partial charge in [-0.05, 0) is 37.5 Å². The lowest BCUT2D eigenvalue weighted by atomic mass is 9.84. The number of amides is 3. The Balaban J connectivity index is 2.16. The average molecular weight is 522 g/mol. The molecule has 194 valence electrons. The molecular formula is C28H31N3O5S. The second kappa shape index (κ2) is 12.4. The van der Waals surface area contributed by atoms with E-state index < -0.39 is 34.0 Å². The highest BCUT2D eigenvalue weighted by molar-refractivity contribution is 8.01. The monoisotopic (exact) mass is 521 g/mol. The van der Waals surface area contributed by atoms with Crippen LogP contribution in [-0.2, 0) is 14.3 Å². The Kier molecular flexibility index (Phi) is 9.32. The number of nitrogens with one attached hydrogen (secondary N) is 3. The van der Waals surface area contributed by atoms with Crippen LogP contribution in [-0.4, -0.2) is 40.6 Å². The van der Waals surface area contributed by atoms with Crippen LogP contribution >= 0.6 is 11.8 Å². The van der Waals surface area contributed by atoms with Crippen molar-refractivity contribution in [3.63, 3.8) is 0 Å². The van der Waals surface area contributed by atoms with Gasteiger partial charge < -0.3 is 20.0 Å². The molecule has 0 fully saturated rings. The summed E-state index contributed by atoms with van der Waals surface area (Å²) in [5, 5.41) is 11.3. The lowest BCUT2D eigenvalue weighted by Crippen LogP contribution is -2.54. The summed E-state index contributed by atoms with van der Waals surface area (Å²) < 4.78 is 5.57. The summed E-state index contributed by atoms with van der Waals surface area (Å²) in [6.07, 6.45) is -0.846. The molecular weight excluding hydrogens is 490 g/mol. The van der Waals surface area contributed by atoms with Gasteiger partial charge in [-0.3, -0.25) is 0 Å². The molecule has 0 radical (unpaired) electrons. The largest absolute Gasteiger partial charge is 0.464 e. The molecule has 0 aliphatic heterocycles. The van der Waals surface area contributed by atoms with Crippen LogP contribution in [0.4, 0.5) is 9.59 Å². The number of benzene rings is 3. The first-order valence-corrected chi connectivity index (χ1v) is 12.6. The number of carbonyl (C=O) groups is 3. The molecule has 4 N–H and O–H groups in total. The molecule has 3 aromatic rings. The predicted molar refractivity (Wildman–Crippen MR) is 144 cm³/mol. The second-order valence-corrected chi connectivity index (χ2v) is 10.5. The van der Waals surface area contributed by atoms with E-state index in [1.165, 1.54) is 11.8 Å². The van der Waals surface area contributed by atoms with E-state index in [1.807, 2.05) is 117 Å². The van der Waals surface area contributed by atoms with E-state index in [-0.39, 0.29) is 0 Å². The summed E-state index contributed by atoms with van der Waals surface area (Å²) in [7, 11) is 0. The van der Waals surface area contributed by atoms with Gasteiger partial charge in [-0.2, -0.15) is 0 Å². The van der Waals surface area contributed by atoms with Crippen molar-refractivity contribution in [1.29, 1.82) is 0 Å². The minimum Gasteiger partial charge on any atom is -0.464 e. The van der Waals surface area contributed by atoms with Gasteiger partial charge in [0.1, 0.15) is 17.8 Å². The third-order valence-electron chi connectivity index (χ3n) is 5.32. The van der Waals surface area contributed by atoms with Crippen molar-refractivity contribution in [2.45, 2.75) is 42.6 Å². The first kappa shape index (κ1) is 27.8. The summed E-state index contributed by atoms with van der Waals surface area (Å²) in [5.41, 5.74) is 5.12. The maximum absolute atomic E-state index is 12.4. The summed E-state index contributed by atoms with van der Waals surface area (Å²) in [6, 6.07) is 27.7. The Bertz CT molecular complexity index is 1070. The molecule has 0 aromatic heterocycles. The Hall–Kier alpha value is -3.82. The molecule has 0 unspecified atom stereocenters. The molecule has 0 spiro atoms. The van der Waals surface area contributed by atoms with Crippen LogP contribution in [0.3, 0.4) is 0 Å². The average Bonchev–Trinajstić information content (AvgIpc) is 2.89. The van der Waals surface area contributed by atoms with Crippen LogP contribution in [0.1, 0.15) is 37.5 Å². The summed E-state index contributed by atoms with van der Waals surface area (Å²) in [6.45, 7) is 5.59. The molecule has 3 aromatic carbocycles. The van der Waals surface area contributed by atoms with Gasteiger partial charge in [0.25, 0.3) is 0 Å². The number of hydrazine groups is 1. The van der Waals surface area contributed by atoms with Gasteiger partial charge in [-0.25, -0.2) is 20.4 Å². The topological polar surface area (TPSA) is 117 Å². The maximum atomic E-state index is 12.4. The van der Waals surface area contributed by atoms with Crippen LogP contribution in [0.5, 0.6) is 0 Å². The molecule has 3 rings (SSSR count). The van der Waals surface area contributed by atoms with Crippen molar-refractivity contribution >= 4 is 30.2 Å². The first-order valence-electron chi connectivity index (χ1n) is 11.7. The van der Waals surface area contributed by atoms with E-state index in [1.54, 1.807) is 5.43 Å². The molecule has 8 nitrogen and oxygen atoms in total. The molecule has 3 amide bonds. The molecule has 0 bridgehead atoms. The highest BCUT2D eigenvalue weighted by Gasteiger charge is 2.43. The molecule has 0 aliphatic rings. The Morgan fingerprint density at radius 3 is 1.59 bits per heavy atom. The lowest BCUT2D eigenvalue weighted by Gasteiger charge is -2.41. The number of thioether (sulfide) groups is 1. The zero-order chi connectivity index (χ0) is 26.9. The van der Waals surface area contributed by atoms with E-state index in [4.69, 9.17) is 9.84 Å². The van der Waals surface area contributed by atoms with Gasteiger partial charge in [-0.1, -0.05) is 91.0 Å². The quantitative estimate of drug-likeness (QED) is 0.138. The van der Waals surface area contributed by atoms with Gasteiger partial charge in [0, 0.05) is 0 Å². The summed E-state index contributed by atoms with van der Waals surface area (Å²) in [4.78, 5) is 35.5. The number of carboxylic acid groups (broad SMARTS) is 1. The predicted octanol–water partition coefficient (Wildman–Crippen LogP) is 4.90. The van der Waals surface area contributed by atoms with E-state index >= 15 is 0 Å². The maximum Gasteiger partial charge on any atom is 0.423 e. The molecule has 0 saturated carbocycles. The Labute approximate surface area is 220 Å². The second-order valence-electron chi connectivity index (χ2n) is 9.19. The van der Waals surface area contributed by atoms with Crippen molar-refractivity contribution in [1.82, 2.24) is 16.2 Å². The van der Waals surface area contributed by atoms with Gasteiger partial charge >= 0.3 is 12.1 Å². The fraction of sp³-hybridized carbons (Fsp3) is 0.250. The van der Waals surface area contributed by atoms with Crippen molar-refractivity contribution in [2.75, 3.05) is 0 Å². The third-order valence-corrected chi connectivity index (χ3v) is 7.01. The van der Waals surface area contributed by atoms with Gasteiger partial charge in [0.15, 0.2) is 0 Å². The van der Waals surface area contributed by atoms with Crippen molar-refractivity contribution in [3.05, 3.63) is 108 Å². The molecule has 37 heavy (non-hydrogen) atoms. The molecule has 0 aliphatic carbocycles. The normalized spacial score (nSPS) is 13.2. The first-order chi connectivity index (χ1) is 17.7. The standard InChI is InChI=1S/C28H31N3O5S/c1-27(2,3)36-24(23(19-32)29-25(33)30-31-26(34)35)37-28(20-13-7-4-8-14-20,21-15-9-5-10-16-21)22-17-11-6-12-18-22/h4-19,23-24,31H,1-3H3,(H,34,35)(H2,29,30,33)/t23-,24+/m1/s1. The number of aldehydes is 1. The van der Waals surface area contributed by atoms with Crippen molar-refractivity contribution in [2.24, 2.45) is 0 Å². The highest BCUT2D eigenvalue weighted by atomic mass is 32.2. The van der Waals surface area contributed by atoms with E-state index in [0.717, 1.165) is 16.7 Å². The number of hydrogen-bond acceptors (Lipinski definition) is 5. The number of urea groups is 1. The number of ether oxygens (including phenoxy) is 1. The zero-order valence-corrected chi connectivity index (χ0v) is 21.7. The van der Waals surface area contributed by atoms with E-state index in [0.29, 0.717) is 6.29 Å². The van der Waals surface area contributed by atoms with Crippen molar-refractivity contribution in [3.8, 4) is 0 Å². The fourth-order valence-electron chi connectivity index (χ4n) is 3.88. The highest BCUT2D eigenvalue weighted by Crippen LogP contribution is 2.51. The van der Waals surface area contributed by atoms with Crippen molar-refractivity contribution < 1.29 is 24.2 Å². The van der Waals surface area contributed by atoms with E-state index in [9.17, 15) is 14.4 Å². The summed E-state index contributed by atoms with van der Waals surface area (Å²) >= 11 is 1.39. The van der Waals surface area contributed by atoms with Crippen LogP contribution in [0, 0.1) is 0 Å². The minimum absolute atomic E-state index is 0.593. The van der Waals surface area contributed by atoms with Crippen LogP contribution in [0.2, 0.25) is 0 Å². The smallest absolute Gasteiger partial charge is 0.423 e. The number of rotatable bonds is 9. The lowest BCUT2D eigenvalue weighted by molar-refractivity contribution is -0.113. The van der Waals surface area contributed by atoms with Gasteiger partial charge in [0.05, 0.1) is 10.3 Å². The Morgan fingerprint density at radius 1 is 0.811 bits per heavy atom. The number of carbonyl (C=O) groups excluding carboxylic acids is 2. The SMILES string of the molecule is CC(C)(C)O[C@@H](SC(c1ccccc1)(c1ccccc1)c1ccccc1)[C@@H](C=O)NC(=O)NNC(=O)O. The summed E-state index contributed by atoms with van der Waals surface area (Å²) in [5.74, 6) is 0. The third kappa shape index (κ3) is 7.34. The molecule has 0 heterocycles. The van der Waals surface area contributed by atoms with Gasteiger partial charge in [0.2, 0.25) is 0 Å². The molecule has 0 saturated heterocycles. The molecule has 2 atom stereocenters. The van der Waals surface area contributed by atoms with E-state index in [2.05, 4.69) is 5.32 Å². The fourth-order valence-corrected chi connectivity index (χ4v) is 5.66. The van der Waals surface area contributed by atoms with Crippen LogP contribution in [0.25, 0.3) is 0 Å². The van der Waals surface area contributed by atoms with Crippen LogP contribution in [0.15, 0.2) is 91.0 Å². The zero-order valence-electron chi connectivity index (χ0n) is 20.9.